The Morgan fingerprint density at radius 2 is 2.00 bits per heavy atom. The molecule has 1 aliphatic rings. The number of hydrogen-bond donors (Lipinski definition) is 0. The minimum Gasteiger partial charge on any atom is -0.377 e. The lowest BCUT2D eigenvalue weighted by atomic mass is 9.87. The smallest absolute Gasteiger partial charge is 0.163 e. The lowest BCUT2D eigenvalue weighted by Crippen LogP contribution is -2.46. The highest BCUT2D eigenvalue weighted by atomic mass is 16.5. The maximum atomic E-state index is 9.23. The third kappa shape index (κ3) is 1.63. The highest BCUT2D eigenvalue weighted by Gasteiger charge is 2.43. The second-order valence-corrected chi connectivity index (χ2v) is 4.17. The van der Waals surface area contributed by atoms with Gasteiger partial charge in [0.05, 0.1) is 30.7 Å². The van der Waals surface area contributed by atoms with Gasteiger partial charge in [0.1, 0.15) is 0 Å². The maximum Gasteiger partial charge on any atom is 0.163 e. The average Bonchev–Trinajstić information content (AvgIpc) is 2.40. The molecule has 3 rings (SSSR count). The summed E-state index contributed by atoms with van der Waals surface area (Å²) in [7, 11) is 0. The Kier molecular flexibility index (Phi) is 2.50. The van der Waals surface area contributed by atoms with Gasteiger partial charge in [0.15, 0.2) is 11.2 Å². The Bertz CT molecular complexity index is 602. The number of aromatic nitrogens is 3. The van der Waals surface area contributed by atoms with Crippen molar-refractivity contribution in [3.63, 3.8) is 0 Å². The van der Waals surface area contributed by atoms with Crippen molar-refractivity contribution in [3.05, 3.63) is 42.5 Å². The third-order valence-corrected chi connectivity index (χ3v) is 2.92. The minimum absolute atomic E-state index is 0.356. The summed E-state index contributed by atoms with van der Waals surface area (Å²) < 4.78 is 5.11. The molecule has 1 saturated heterocycles. The van der Waals surface area contributed by atoms with Crippen molar-refractivity contribution in [2.75, 3.05) is 13.2 Å². The topological polar surface area (TPSA) is 71.7 Å². The molecule has 88 valence electrons. The van der Waals surface area contributed by atoms with E-state index in [2.05, 4.69) is 21.0 Å². The molecule has 2 aromatic heterocycles. The van der Waals surface area contributed by atoms with Gasteiger partial charge in [-0.2, -0.15) is 5.26 Å². The Labute approximate surface area is 104 Å². The first-order chi connectivity index (χ1) is 8.84. The van der Waals surface area contributed by atoms with Crippen LogP contribution in [-0.4, -0.2) is 28.2 Å². The van der Waals surface area contributed by atoms with E-state index >= 15 is 0 Å². The molecule has 18 heavy (non-hydrogen) atoms. The summed E-state index contributed by atoms with van der Waals surface area (Å²) >= 11 is 0. The van der Waals surface area contributed by atoms with Crippen molar-refractivity contribution in [2.45, 2.75) is 5.41 Å². The Balaban J connectivity index is 2.03. The summed E-state index contributed by atoms with van der Waals surface area (Å²) in [5, 5.41) is 9.23. The van der Waals surface area contributed by atoms with E-state index in [4.69, 9.17) is 4.74 Å². The van der Waals surface area contributed by atoms with Gasteiger partial charge in [0, 0.05) is 12.4 Å². The average molecular weight is 238 g/mol. The molecule has 0 aliphatic carbocycles. The molecule has 0 saturated carbocycles. The first-order valence-electron chi connectivity index (χ1n) is 5.58. The zero-order valence-corrected chi connectivity index (χ0v) is 9.58. The molecule has 1 fully saturated rings. The van der Waals surface area contributed by atoms with E-state index in [9.17, 15) is 5.26 Å². The predicted molar refractivity (Wildman–Crippen MR) is 63.4 cm³/mol. The van der Waals surface area contributed by atoms with Gasteiger partial charge in [-0.3, -0.25) is 4.98 Å². The van der Waals surface area contributed by atoms with Crippen LogP contribution in [0.25, 0.3) is 11.4 Å². The van der Waals surface area contributed by atoms with Gasteiger partial charge in [0.2, 0.25) is 0 Å². The van der Waals surface area contributed by atoms with E-state index in [1.54, 1.807) is 18.5 Å². The molecule has 5 heteroatoms. The molecule has 2 aromatic rings. The summed E-state index contributed by atoms with van der Waals surface area (Å²) in [5.41, 5.74) is 0.807. The molecular formula is C13H10N4O. The Morgan fingerprint density at radius 1 is 1.11 bits per heavy atom. The number of rotatable bonds is 2. The fourth-order valence-electron chi connectivity index (χ4n) is 1.80. The van der Waals surface area contributed by atoms with Crippen LogP contribution < -0.4 is 0 Å². The van der Waals surface area contributed by atoms with Crippen LogP contribution in [0.3, 0.4) is 0 Å². The molecule has 0 amide bonds. The minimum atomic E-state index is -0.690. The molecule has 0 N–H and O–H groups in total. The van der Waals surface area contributed by atoms with Crippen LogP contribution in [0.15, 0.2) is 36.7 Å². The van der Waals surface area contributed by atoms with Crippen molar-refractivity contribution >= 4 is 0 Å². The van der Waals surface area contributed by atoms with E-state index < -0.39 is 5.41 Å². The second kappa shape index (κ2) is 4.17. The molecule has 3 heterocycles. The summed E-state index contributed by atoms with van der Waals surface area (Å²) in [6, 6.07) is 9.65. The Morgan fingerprint density at radius 3 is 2.61 bits per heavy atom. The summed E-state index contributed by atoms with van der Waals surface area (Å²) in [5.74, 6) is 0.513. The molecule has 0 aromatic carbocycles. The van der Waals surface area contributed by atoms with Crippen molar-refractivity contribution in [1.29, 1.82) is 5.26 Å². The number of ether oxygens (including phenoxy) is 1. The van der Waals surface area contributed by atoms with Crippen LogP contribution >= 0.6 is 0 Å². The standard InChI is InChI=1S/C13H10N4O/c14-7-13(8-18-9-13)12-16-6-4-11(17-12)10-3-1-2-5-15-10/h1-6H,8-9H2. The second-order valence-electron chi connectivity index (χ2n) is 4.17. The lowest BCUT2D eigenvalue weighted by Gasteiger charge is -2.33. The van der Waals surface area contributed by atoms with Gasteiger partial charge in [0.25, 0.3) is 0 Å². The molecular weight excluding hydrogens is 228 g/mol. The first-order valence-corrected chi connectivity index (χ1v) is 5.58. The van der Waals surface area contributed by atoms with Crippen LogP contribution in [-0.2, 0) is 10.2 Å². The Hall–Kier alpha value is -2.32. The molecule has 0 unspecified atom stereocenters. The van der Waals surface area contributed by atoms with E-state index in [1.165, 1.54) is 0 Å². The number of pyridine rings is 1. The molecule has 5 nitrogen and oxygen atoms in total. The first kappa shape index (κ1) is 10.8. The SMILES string of the molecule is N#CC1(c2nccc(-c3ccccn3)n2)COC1. The normalized spacial score (nSPS) is 16.6. The van der Waals surface area contributed by atoms with E-state index in [-0.39, 0.29) is 0 Å². The van der Waals surface area contributed by atoms with E-state index in [1.807, 2.05) is 18.2 Å². The van der Waals surface area contributed by atoms with Gasteiger partial charge < -0.3 is 4.74 Å². The number of hydrogen-bond acceptors (Lipinski definition) is 5. The zero-order chi connectivity index (χ0) is 12.4. The predicted octanol–water partition coefficient (Wildman–Crippen LogP) is 1.33. The summed E-state index contributed by atoms with van der Waals surface area (Å²) in [4.78, 5) is 12.9. The van der Waals surface area contributed by atoms with Crippen molar-refractivity contribution in [3.8, 4) is 17.5 Å². The van der Waals surface area contributed by atoms with Gasteiger partial charge in [-0.25, -0.2) is 9.97 Å². The fraction of sp³-hybridized carbons (Fsp3) is 0.231. The molecule has 0 bridgehead atoms. The number of nitriles is 1. The van der Waals surface area contributed by atoms with E-state index in [0.717, 1.165) is 11.4 Å². The zero-order valence-electron chi connectivity index (χ0n) is 9.58. The van der Waals surface area contributed by atoms with Gasteiger partial charge in [-0.05, 0) is 18.2 Å². The fourth-order valence-corrected chi connectivity index (χ4v) is 1.80. The van der Waals surface area contributed by atoms with Gasteiger partial charge >= 0.3 is 0 Å². The summed E-state index contributed by atoms with van der Waals surface area (Å²) in [6.07, 6.45) is 3.37. The van der Waals surface area contributed by atoms with Crippen LogP contribution in [0.2, 0.25) is 0 Å². The summed E-state index contributed by atoms with van der Waals surface area (Å²) in [6.45, 7) is 0.713. The van der Waals surface area contributed by atoms with Crippen molar-refractivity contribution in [1.82, 2.24) is 15.0 Å². The van der Waals surface area contributed by atoms with Crippen LogP contribution in [0, 0.1) is 11.3 Å². The van der Waals surface area contributed by atoms with E-state index in [0.29, 0.717) is 19.0 Å². The highest BCUT2D eigenvalue weighted by molar-refractivity contribution is 5.53. The molecule has 0 atom stereocenters. The number of nitrogens with zero attached hydrogens (tertiary/aromatic N) is 4. The molecule has 0 spiro atoms. The highest BCUT2D eigenvalue weighted by Crippen LogP contribution is 2.29. The monoisotopic (exact) mass is 238 g/mol. The van der Waals surface area contributed by atoms with Crippen molar-refractivity contribution < 1.29 is 4.74 Å². The van der Waals surface area contributed by atoms with Gasteiger partial charge in [-0.15, -0.1) is 0 Å². The molecule has 1 aliphatic heterocycles. The maximum absolute atomic E-state index is 9.23. The van der Waals surface area contributed by atoms with Crippen LogP contribution in [0.1, 0.15) is 5.82 Å². The van der Waals surface area contributed by atoms with Crippen molar-refractivity contribution in [2.24, 2.45) is 0 Å². The van der Waals surface area contributed by atoms with Crippen LogP contribution in [0.5, 0.6) is 0 Å². The quantitative estimate of drug-likeness (QED) is 0.789. The third-order valence-electron chi connectivity index (χ3n) is 2.92. The lowest BCUT2D eigenvalue weighted by molar-refractivity contribution is -0.0338. The van der Waals surface area contributed by atoms with Gasteiger partial charge in [-0.1, -0.05) is 6.07 Å². The largest absolute Gasteiger partial charge is 0.377 e. The molecule has 0 radical (unpaired) electrons. The van der Waals surface area contributed by atoms with Crippen LogP contribution in [0.4, 0.5) is 0 Å².